The summed E-state index contributed by atoms with van der Waals surface area (Å²) in [5.41, 5.74) is 2.84. The molecule has 8 nitrogen and oxygen atoms in total. The normalized spacial score (nSPS) is 22.4. The van der Waals surface area contributed by atoms with E-state index in [4.69, 9.17) is 0 Å². The van der Waals surface area contributed by atoms with Gasteiger partial charge in [-0.25, -0.2) is 8.78 Å². The van der Waals surface area contributed by atoms with Gasteiger partial charge in [0, 0.05) is 30.9 Å². The maximum atomic E-state index is 13.8. The van der Waals surface area contributed by atoms with Crippen molar-refractivity contribution >= 4 is 23.4 Å². The molecule has 2 saturated carbocycles. The van der Waals surface area contributed by atoms with Crippen LogP contribution in [0.25, 0.3) is 0 Å². The molecule has 0 spiro atoms. The number of rotatable bonds is 9. The number of likely N-dealkylation sites (tertiary alicyclic amines) is 1. The maximum absolute atomic E-state index is 13.8. The molecule has 214 valence electrons. The molecule has 3 fully saturated rings. The monoisotopic (exact) mass is 553 g/mol. The van der Waals surface area contributed by atoms with Gasteiger partial charge in [0.05, 0.1) is 12.5 Å². The van der Waals surface area contributed by atoms with Crippen molar-refractivity contribution in [2.75, 3.05) is 18.4 Å². The summed E-state index contributed by atoms with van der Waals surface area (Å²) < 4.78 is 29.0. The van der Waals surface area contributed by atoms with E-state index in [9.17, 15) is 23.2 Å². The summed E-state index contributed by atoms with van der Waals surface area (Å²) in [4.78, 5) is 41.4. The molecular weight excluding hydrogens is 516 g/mol. The molecule has 10 heteroatoms. The number of halogens is 2. The second kappa shape index (κ2) is 10.3. The van der Waals surface area contributed by atoms with Crippen LogP contribution in [0.1, 0.15) is 85.9 Å². The lowest BCUT2D eigenvalue weighted by molar-refractivity contribution is -0.133. The van der Waals surface area contributed by atoms with Crippen LogP contribution in [-0.4, -0.2) is 57.5 Å². The van der Waals surface area contributed by atoms with E-state index in [0.717, 1.165) is 36.8 Å². The molecular formula is C30H37F2N5O3. The van der Waals surface area contributed by atoms with E-state index in [-0.39, 0.29) is 42.6 Å². The third-order valence-corrected chi connectivity index (χ3v) is 8.95. The fourth-order valence-electron chi connectivity index (χ4n) is 6.66. The zero-order valence-corrected chi connectivity index (χ0v) is 23.0. The highest BCUT2D eigenvalue weighted by molar-refractivity contribution is 6.01. The van der Waals surface area contributed by atoms with Crippen LogP contribution in [0.2, 0.25) is 0 Å². The summed E-state index contributed by atoms with van der Waals surface area (Å²) in [6.45, 7) is 3.48. The van der Waals surface area contributed by atoms with Gasteiger partial charge in [-0.15, -0.1) is 0 Å². The highest BCUT2D eigenvalue weighted by Crippen LogP contribution is 2.51. The van der Waals surface area contributed by atoms with Crippen LogP contribution in [0.3, 0.4) is 0 Å². The van der Waals surface area contributed by atoms with Gasteiger partial charge in [-0.1, -0.05) is 6.07 Å². The van der Waals surface area contributed by atoms with Gasteiger partial charge in [0.15, 0.2) is 0 Å². The minimum absolute atomic E-state index is 0.00904. The highest BCUT2D eigenvalue weighted by Gasteiger charge is 2.48. The number of benzene rings is 1. The quantitative estimate of drug-likeness (QED) is 0.477. The van der Waals surface area contributed by atoms with Crippen LogP contribution in [0, 0.1) is 17.8 Å². The minimum atomic E-state index is -2.82. The fourth-order valence-corrected chi connectivity index (χ4v) is 6.66. The molecule has 4 aliphatic rings. The van der Waals surface area contributed by atoms with Crippen LogP contribution in [-0.2, 0) is 16.0 Å². The number of hydrogen-bond acceptors (Lipinski definition) is 4. The Balaban J connectivity index is 1.18. The molecule has 6 rings (SSSR count). The molecule has 3 aliphatic carbocycles. The number of carbonyl (C=O) groups excluding carboxylic acids is 3. The van der Waals surface area contributed by atoms with E-state index >= 15 is 0 Å². The summed E-state index contributed by atoms with van der Waals surface area (Å²) >= 11 is 0. The molecule has 3 amide bonds. The van der Waals surface area contributed by atoms with Crippen molar-refractivity contribution in [3.63, 3.8) is 0 Å². The Kier molecular flexibility index (Phi) is 6.91. The molecule has 1 unspecified atom stereocenters. The second-order valence-corrected chi connectivity index (χ2v) is 12.3. The number of aryl methyl sites for hydroxylation is 1. The predicted octanol–water partition coefficient (Wildman–Crippen LogP) is 4.53. The van der Waals surface area contributed by atoms with Gasteiger partial charge in [-0.05, 0) is 99.5 Å². The van der Waals surface area contributed by atoms with E-state index in [0.29, 0.717) is 36.1 Å². The van der Waals surface area contributed by atoms with Gasteiger partial charge < -0.3 is 15.5 Å². The number of nitrogens with one attached hydrogen (secondary N) is 2. The van der Waals surface area contributed by atoms with Crippen molar-refractivity contribution in [2.24, 2.45) is 17.8 Å². The minimum Gasteiger partial charge on any atom is -0.339 e. The Morgan fingerprint density at radius 3 is 2.40 bits per heavy atom. The number of aromatic nitrogens is 2. The lowest BCUT2D eigenvalue weighted by Gasteiger charge is -2.28. The predicted molar refractivity (Wildman–Crippen MR) is 145 cm³/mol. The molecule has 2 heterocycles. The Morgan fingerprint density at radius 1 is 1.05 bits per heavy atom. The third-order valence-electron chi connectivity index (χ3n) is 8.95. The lowest BCUT2D eigenvalue weighted by atomic mass is 9.88. The van der Waals surface area contributed by atoms with Crippen molar-refractivity contribution in [2.45, 2.75) is 82.7 Å². The van der Waals surface area contributed by atoms with Crippen molar-refractivity contribution in [3.05, 3.63) is 47.3 Å². The number of nitrogens with zero attached hydrogens (tertiary/aromatic N) is 3. The number of fused-ring (bicyclic) bond motifs is 1. The number of amides is 3. The van der Waals surface area contributed by atoms with E-state index in [2.05, 4.69) is 15.7 Å². The summed E-state index contributed by atoms with van der Waals surface area (Å²) in [6, 6.07) is 6.52. The molecule has 1 aliphatic heterocycles. The van der Waals surface area contributed by atoms with Crippen LogP contribution < -0.4 is 10.6 Å². The van der Waals surface area contributed by atoms with Crippen molar-refractivity contribution in [1.29, 1.82) is 0 Å². The molecule has 1 aromatic carbocycles. The zero-order valence-electron chi connectivity index (χ0n) is 23.0. The Bertz CT molecular complexity index is 1300. The zero-order chi connectivity index (χ0) is 28.2. The van der Waals surface area contributed by atoms with E-state index in [1.54, 1.807) is 23.0 Å². The van der Waals surface area contributed by atoms with Gasteiger partial charge in [-0.2, -0.15) is 5.10 Å². The van der Waals surface area contributed by atoms with Crippen molar-refractivity contribution in [3.8, 4) is 0 Å². The SMILES string of the molecule is CC(C)n1nccc1C(=O)N[C@H](C(=O)Nc1ccc2c(c1)CCC2C(=O)N1CCC(F)(F)C1)C(C1CC1)C1CC1. The standard InChI is InChI=1S/C30H37F2N5O3/c1-17(2)37-24(11-13-33-37)27(38)35-26(25(18-3-4-18)19-5-6-19)28(39)34-21-8-10-22-20(15-21)7-9-23(22)29(40)36-14-12-30(31,32)16-36/h8,10-11,13,15,17-19,23,25-26H,3-7,9,12,14,16H2,1-2H3,(H,34,39)(H,35,38)/t23?,26-/m0/s1. The van der Waals surface area contributed by atoms with Gasteiger partial charge in [0.2, 0.25) is 11.8 Å². The van der Waals surface area contributed by atoms with Gasteiger partial charge >= 0.3 is 0 Å². The molecule has 2 N–H and O–H groups in total. The second-order valence-electron chi connectivity index (χ2n) is 12.3. The molecule has 2 atom stereocenters. The molecule has 2 aromatic rings. The summed E-state index contributed by atoms with van der Waals surface area (Å²) in [5, 5.41) is 10.4. The Labute approximate surface area is 232 Å². The average molecular weight is 554 g/mol. The van der Waals surface area contributed by atoms with Crippen LogP contribution in [0.4, 0.5) is 14.5 Å². The van der Waals surface area contributed by atoms with Crippen molar-refractivity contribution < 1.29 is 23.2 Å². The Morgan fingerprint density at radius 2 is 1.77 bits per heavy atom. The van der Waals surface area contributed by atoms with Gasteiger partial charge in [-0.3, -0.25) is 19.1 Å². The molecule has 0 bridgehead atoms. The van der Waals surface area contributed by atoms with E-state index in [1.165, 1.54) is 4.90 Å². The fraction of sp³-hybridized carbons (Fsp3) is 0.600. The van der Waals surface area contributed by atoms with Crippen molar-refractivity contribution in [1.82, 2.24) is 20.0 Å². The van der Waals surface area contributed by atoms with Gasteiger partial charge in [0.25, 0.3) is 11.8 Å². The first-order chi connectivity index (χ1) is 19.1. The number of carbonyl (C=O) groups is 3. The molecule has 0 radical (unpaired) electrons. The molecule has 1 aromatic heterocycles. The van der Waals surface area contributed by atoms with Crippen LogP contribution in [0.15, 0.2) is 30.5 Å². The molecule has 1 saturated heterocycles. The smallest absolute Gasteiger partial charge is 0.270 e. The number of hydrogen-bond donors (Lipinski definition) is 2. The first-order valence-electron chi connectivity index (χ1n) is 14.6. The number of alkyl halides is 2. The van der Waals surface area contributed by atoms with Crippen LogP contribution >= 0.6 is 0 Å². The maximum Gasteiger partial charge on any atom is 0.270 e. The third kappa shape index (κ3) is 5.37. The summed E-state index contributed by atoms with van der Waals surface area (Å²) in [7, 11) is 0. The topological polar surface area (TPSA) is 96.3 Å². The summed E-state index contributed by atoms with van der Waals surface area (Å²) in [6.07, 6.45) is 6.81. The first kappa shape index (κ1) is 26.9. The average Bonchev–Trinajstić information content (AvgIpc) is 3.80. The number of anilines is 1. The van der Waals surface area contributed by atoms with E-state index in [1.807, 2.05) is 26.0 Å². The van der Waals surface area contributed by atoms with Gasteiger partial charge in [0.1, 0.15) is 11.7 Å². The van der Waals surface area contributed by atoms with Crippen LogP contribution in [0.5, 0.6) is 0 Å². The Hall–Kier alpha value is -3.30. The molecule has 40 heavy (non-hydrogen) atoms. The van der Waals surface area contributed by atoms with E-state index < -0.39 is 24.4 Å². The highest BCUT2D eigenvalue weighted by atomic mass is 19.3. The first-order valence-corrected chi connectivity index (χ1v) is 14.6. The largest absolute Gasteiger partial charge is 0.339 e. The summed E-state index contributed by atoms with van der Waals surface area (Å²) in [5.74, 6) is -3.07. The lowest BCUT2D eigenvalue weighted by Crippen LogP contribution is -2.50.